The molecule has 13 nitrogen and oxygen atoms in total. The normalized spacial score (nSPS) is 10.7. The number of nitrogens with two attached hydrogens (primary N) is 1. The number of furan rings is 2. The number of hydrogen-bond donors (Lipinski definition) is 4. The highest BCUT2D eigenvalue weighted by Crippen LogP contribution is 2.38. The number of carbonyl (C=O) groups excluding carboxylic acids is 3. The van der Waals surface area contributed by atoms with Gasteiger partial charge in [-0.2, -0.15) is 0 Å². The minimum Gasteiger partial charge on any atom is -0.497 e. The van der Waals surface area contributed by atoms with Crippen LogP contribution in [0.1, 0.15) is 128 Å². The average molecular weight is 1140 g/mol. The Hall–Kier alpha value is -8.13. The first-order valence-electron chi connectivity index (χ1n) is 27.4. The molecule has 2 heterocycles. The number of nitrogens with zero attached hydrogens (tertiary/aromatic N) is 2. The number of nitrogens with one attached hydrogen (secondary N) is 3. The van der Waals surface area contributed by atoms with Crippen molar-refractivity contribution in [2.75, 3.05) is 45.7 Å². The van der Waals surface area contributed by atoms with E-state index in [4.69, 9.17) is 42.8 Å². The summed E-state index contributed by atoms with van der Waals surface area (Å²) in [4.78, 5) is 41.1. The maximum absolute atomic E-state index is 14.1. The van der Waals surface area contributed by atoms with E-state index < -0.39 is 0 Å². The van der Waals surface area contributed by atoms with Crippen molar-refractivity contribution in [2.45, 2.75) is 113 Å². The Morgan fingerprint density at radius 2 is 1.01 bits per heavy atom. The van der Waals surface area contributed by atoms with Crippen LogP contribution in [0.2, 0.25) is 10.0 Å². The number of halogens is 2. The van der Waals surface area contributed by atoms with E-state index in [1.165, 1.54) is 17.4 Å². The summed E-state index contributed by atoms with van der Waals surface area (Å²) in [6.07, 6.45) is 6.55. The molecule has 0 aliphatic heterocycles. The minimum atomic E-state index is -0.237. The van der Waals surface area contributed by atoms with Gasteiger partial charge in [-0.05, 0) is 167 Å². The van der Waals surface area contributed by atoms with E-state index in [9.17, 15) is 14.4 Å². The fourth-order valence-corrected chi connectivity index (χ4v) is 9.84. The summed E-state index contributed by atoms with van der Waals surface area (Å²) in [6.45, 7) is 18.1. The molecule has 0 aliphatic carbocycles. The van der Waals surface area contributed by atoms with E-state index in [-0.39, 0.29) is 12.1 Å². The molecule has 0 bridgehead atoms. The predicted molar refractivity (Wildman–Crippen MR) is 332 cm³/mol. The first-order chi connectivity index (χ1) is 39.1. The van der Waals surface area contributed by atoms with Gasteiger partial charge in [0, 0.05) is 32.8 Å². The van der Waals surface area contributed by atoms with Crippen molar-refractivity contribution in [3.63, 3.8) is 0 Å². The molecule has 8 rings (SSSR count). The molecule has 2 aromatic heterocycles. The Morgan fingerprint density at radius 1 is 0.580 bits per heavy atom. The van der Waals surface area contributed by atoms with Crippen LogP contribution in [0.3, 0.4) is 0 Å². The van der Waals surface area contributed by atoms with Crippen molar-refractivity contribution in [3.8, 4) is 11.5 Å². The van der Waals surface area contributed by atoms with Gasteiger partial charge in [-0.15, -0.1) is 0 Å². The number of urea groups is 2. The van der Waals surface area contributed by atoms with Crippen molar-refractivity contribution >= 4 is 75.7 Å². The molecule has 8 aromatic rings. The molecule has 0 atom stereocenters. The molecule has 6 aromatic carbocycles. The number of aldehydes is 1. The number of anilines is 6. The highest BCUT2D eigenvalue weighted by atomic mass is 35.5. The first-order valence-corrected chi connectivity index (χ1v) is 28.1. The highest BCUT2D eigenvalue weighted by molar-refractivity contribution is 6.32. The average Bonchev–Trinajstić information content (AvgIpc) is 4.36. The summed E-state index contributed by atoms with van der Waals surface area (Å²) >= 11 is 13.3. The summed E-state index contributed by atoms with van der Waals surface area (Å²) in [7, 11) is 3.28. The highest BCUT2D eigenvalue weighted by Gasteiger charge is 2.24. The van der Waals surface area contributed by atoms with Crippen LogP contribution in [0.15, 0.2) is 155 Å². The topological polar surface area (TPSA) is 165 Å². The maximum atomic E-state index is 14.1. The van der Waals surface area contributed by atoms with Crippen molar-refractivity contribution in [1.82, 2.24) is 0 Å². The van der Waals surface area contributed by atoms with Crippen LogP contribution in [-0.2, 0) is 45.3 Å². The fourth-order valence-electron chi connectivity index (χ4n) is 9.16. The molecule has 0 saturated carbocycles. The van der Waals surface area contributed by atoms with E-state index in [0.29, 0.717) is 90.6 Å². The number of ether oxygens (including phenoxy) is 2. The number of amides is 4. The summed E-state index contributed by atoms with van der Waals surface area (Å²) in [6, 6.07) is 42.1. The van der Waals surface area contributed by atoms with Crippen LogP contribution in [-0.4, -0.2) is 32.6 Å². The third kappa shape index (κ3) is 16.7. The third-order valence-electron chi connectivity index (χ3n) is 13.8. The number of methoxy groups -OCH3 is 2. The van der Waals surface area contributed by atoms with Crippen LogP contribution >= 0.6 is 23.2 Å². The van der Waals surface area contributed by atoms with Crippen LogP contribution in [0.5, 0.6) is 11.5 Å². The SMILES string of the molecule is CCc1c(Cl)cc(NCc2ccco2)c(CC)c1NC(=O)N(Cc1ccc(OC)cc1)c1ccc(C(C)C)cc1.CCc1c(N)cc(Cl)c(CC)c1NC(=O)N(Cc1ccc(OC)cc1)c1ccc(C(C)C)cc1.O=Cc1ccco1. The van der Waals surface area contributed by atoms with Crippen LogP contribution in [0.25, 0.3) is 0 Å². The number of carbonyl (C=O) groups is 3. The summed E-state index contributed by atoms with van der Waals surface area (Å²) in [5, 5.41) is 11.0. The molecule has 4 amide bonds. The number of benzene rings is 6. The monoisotopic (exact) mass is 1130 g/mol. The zero-order valence-corrected chi connectivity index (χ0v) is 49.6. The van der Waals surface area contributed by atoms with Gasteiger partial charge < -0.3 is 40.0 Å². The molecule has 0 unspecified atom stereocenters. The van der Waals surface area contributed by atoms with Gasteiger partial charge in [0.15, 0.2) is 12.0 Å². The molecule has 0 saturated heterocycles. The van der Waals surface area contributed by atoms with Crippen molar-refractivity contribution in [1.29, 1.82) is 0 Å². The third-order valence-corrected chi connectivity index (χ3v) is 14.5. The maximum Gasteiger partial charge on any atom is 0.326 e. The van der Waals surface area contributed by atoms with Crippen molar-refractivity contribution < 1.29 is 32.7 Å². The lowest BCUT2D eigenvalue weighted by molar-refractivity contribution is 0.110. The van der Waals surface area contributed by atoms with E-state index in [2.05, 4.69) is 79.3 Å². The quantitative estimate of drug-likeness (QED) is 0.0429. The van der Waals surface area contributed by atoms with Gasteiger partial charge in [0.25, 0.3) is 0 Å². The van der Waals surface area contributed by atoms with Gasteiger partial charge in [0.2, 0.25) is 0 Å². The van der Waals surface area contributed by atoms with E-state index in [1.807, 2.05) is 112 Å². The molecule has 0 spiro atoms. The van der Waals surface area contributed by atoms with Gasteiger partial charge in [-0.25, -0.2) is 9.59 Å². The second kappa shape index (κ2) is 30.5. The van der Waals surface area contributed by atoms with Gasteiger partial charge in [0.05, 0.1) is 57.8 Å². The molecule has 0 aliphatic rings. The molecule has 5 N–H and O–H groups in total. The van der Waals surface area contributed by atoms with E-state index >= 15 is 0 Å². The predicted octanol–water partition coefficient (Wildman–Crippen LogP) is 17.6. The lowest BCUT2D eigenvalue weighted by Crippen LogP contribution is -2.35. The standard InChI is InChI=1S/C33H38ClN3O3.C28H34ClN3O2.C5H4O2/c1-6-28-30(34)19-31(35-20-27-9-8-18-40-27)29(7-2)32(28)36-33(38)37(21-23-10-16-26(39-5)17-11-23)25-14-12-24(13-15-25)22(3)4;1-6-23-25(29)16-26(30)24(7-2)27(23)31-28(33)32(17-19-8-14-22(34-5)15-9-19)21-12-10-20(11-13-21)18(3)4;6-4-5-2-1-3-7-5/h8-19,22,35H,6-7,20-21H2,1-5H3,(H,36,38);8-16,18H,6-7,17,30H2,1-5H3,(H,31,33);1-4H. The number of rotatable bonds is 20. The Kier molecular flexibility index (Phi) is 23.3. The molecule has 426 valence electrons. The Balaban J connectivity index is 0.000000235. The lowest BCUT2D eigenvalue weighted by atomic mass is 10.00. The van der Waals surface area contributed by atoms with Crippen molar-refractivity contribution in [2.24, 2.45) is 0 Å². The Bertz CT molecular complexity index is 3230. The Labute approximate surface area is 487 Å². The van der Waals surface area contributed by atoms with Gasteiger partial charge in [-0.1, -0.05) is 127 Å². The summed E-state index contributed by atoms with van der Waals surface area (Å²) < 4.78 is 20.7. The zero-order valence-electron chi connectivity index (χ0n) is 48.1. The lowest BCUT2D eigenvalue weighted by Gasteiger charge is -2.27. The molecule has 15 heteroatoms. The largest absolute Gasteiger partial charge is 0.497 e. The Morgan fingerprint density at radius 3 is 1.38 bits per heavy atom. The molecule has 81 heavy (non-hydrogen) atoms. The number of hydrogen-bond acceptors (Lipinski definition) is 9. The van der Waals surface area contributed by atoms with Gasteiger partial charge in [-0.3, -0.25) is 14.6 Å². The van der Waals surface area contributed by atoms with E-state index in [0.717, 1.165) is 73.4 Å². The van der Waals surface area contributed by atoms with Gasteiger partial charge in [0.1, 0.15) is 17.3 Å². The number of nitrogen functional groups attached to an aromatic ring is 1. The molecular formula is C66H76Cl2N6O7. The van der Waals surface area contributed by atoms with E-state index in [1.54, 1.807) is 48.5 Å². The minimum absolute atomic E-state index is 0.225. The van der Waals surface area contributed by atoms with Crippen LogP contribution in [0, 0.1) is 0 Å². The molecule has 0 fully saturated rings. The summed E-state index contributed by atoms with van der Waals surface area (Å²) in [5.74, 6) is 3.55. The molecular weight excluding hydrogens is 1060 g/mol. The second-order valence-electron chi connectivity index (χ2n) is 19.7. The van der Waals surface area contributed by atoms with Crippen LogP contribution < -0.4 is 41.0 Å². The first kappa shape index (κ1) is 62.1. The fraction of sp³-hybridized carbons (Fsp3) is 0.288. The van der Waals surface area contributed by atoms with Crippen molar-refractivity contribution in [3.05, 3.63) is 212 Å². The van der Waals surface area contributed by atoms with Crippen LogP contribution in [0.4, 0.5) is 43.7 Å². The molecule has 0 radical (unpaired) electrons. The smallest absolute Gasteiger partial charge is 0.326 e. The zero-order chi connectivity index (χ0) is 58.6. The summed E-state index contributed by atoms with van der Waals surface area (Å²) in [5.41, 5.74) is 18.9. The van der Waals surface area contributed by atoms with Gasteiger partial charge >= 0.3 is 12.1 Å². The second-order valence-corrected chi connectivity index (χ2v) is 20.5.